The lowest BCUT2D eigenvalue weighted by Crippen LogP contribution is -2.44. The number of ether oxygens (including phenoxy) is 1. The van der Waals surface area contributed by atoms with Crippen molar-refractivity contribution < 1.29 is 32.2 Å². The topological polar surface area (TPSA) is 92.0 Å². The van der Waals surface area contributed by atoms with Gasteiger partial charge in [-0.05, 0) is 37.1 Å². The van der Waals surface area contributed by atoms with E-state index < -0.39 is 30.2 Å². The lowest BCUT2D eigenvalue weighted by Gasteiger charge is -2.25. The monoisotopic (exact) mass is 453 g/mol. The Morgan fingerprint density at radius 1 is 1.34 bits per heavy atom. The van der Waals surface area contributed by atoms with E-state index in [0.29, 0.717) is 17.8 Å². The number of carbonyl (C=O) groups excluding carboxylic acids is 1. The second-order valence-corrected chi connectivity index (χ2v) is 7.47. The molecule has 3 aromatic rings. The summed E-state index contributed by atoms with van der Waals surface area (Å²) in [4.78, 5) is 18.1. The van der Waals surface area contributed by atoms with Crippen LogP contribution < -0.4 is 15.0 Å². The Morgan fingerprint density at radius 2 is 2.12 bits per heavy atom. The predicted octanol–water partition coefficient (Wildman–Crippen LogP) is 3.22. The predicted molar refractivity (Wildman–Crippen MR) is 105 cm³/mol. The molecular weight excluding hydrogens is 434 g/mol. The number of fused-ring (bicyclic) bond motifs is 1. The number of nitrogens with one attached hydrogen (secondary N) is 1. The molecule has 4 rings (SSSR count). The summed E-state index contributed by atoms with van der Waals surface area (Å²) < 4.78 is 58.0. The summed E-state index contributed by atoms with van der Waals surface area (Å²) in [6.07, 6.45) is -3.53. The summed E-state index contributed by atoms with van der Waals surface area (Å²) in [5.41, 5.74) is 0.755. The lowest BCUT2D eigenvalue weighted by atomic mass is 10.0. The number of carbonyl (C=O) groups is 1. The van der Waals surface area contributed by atoms with Gasteiger partial charge in [0.15, 0.2) is 5.75 Å². The zero-order chi connectivity index (χ0) is 23.0. The van der Waals surface area contributed by atoms with Crippen molar-refractivity contribution in [1.82, 2.24) is 19.9 Å². The highest BCUT2D eigenvalue weighted by Crippen LogP contribution is 2.36. The Hall–Kier alpha value is -3.41. The molecule has 0 radical (unpaired) electrons. The van der Waals surface area contributed by atoms with Crippen molar-refractivity contribution in [1.29, 1.82) is 0 Å². The summed E-state index contributed by atoms with van der Waals surface area (Å²) in [6, 6.07) is 5.21. The van der Waals surface area contributed by atoms with Crippen LogP contribution in [-0.4, -0.2) is 50.7 Å². The molecule has 8 nitrogen and oxygen atoms in total. The fraction of sp³-hybridized carbons (Fsp3) is 0.350. The number of β-amino-alcohol motifs (C(OH)–C–C–N with tert-alkyl or cyclic N) is 1. The second kappa shape index (κ2) is 8.26. The number of alkyl halides is 3. The number of amides is 1. The van der Waals surface area contributed by atoms with Crippen LogP contribution in [0.5, 0.6) is 5.75 Å². The van der Waals surface area contributed by atoms with Crippen molar-refractivity contribution >= 4 is 17.6 Å². The molecule has 1 aliphatic rings. The number of hydrogen-bond donors (Lipinski definition) is 2. The van der Waals surface area contributed by atoms with E-state index in [1.165, 1.54) is 22.8 Å². The van der Waals surface area contributed by atoms with Crippen LogP contribution in [0.25, 0.3) is 5.65 Å². The standard InChI is InChI=1S/C20H19F4N5O3/c1-11(20(22,23)24)26-19(31)32-16-9-25-29-6-5-17(27-18(16)29)28-10-14(30)8-15(28)12-3-2-4-13(21)7-12/h2-7,9,11,14-15,30H,8,10H2,1H3,(H,26,31)/t11-,14-,15+/m0/s1. The maximum atomic E-state index is 13.7. The molecule has 0 saturated carbocycles. The molecular formula is C20H19F4N5O3. The summed E-state index contributed by atoms with van der Waals surface area (Å²) in [7, 11) is 0. The Kier molecular flexibility index (Phi) is 5.63. The molecule has 12 heteroatoms. The molecule has 0 bridgehead atoms. The molecule has 3 atom stereocenters. The van der Waals surface area contributed by atoms with E-state index in [4.69, 9.17) is 4.74 Å². The van der Waals surface area contributed by atoms with E-state index in [-0.39, 0.29) is 24.0 Å². The van der Waals surface area contributed by atoms with Crippen LogP contribution in [0.4, 0.5) is 28.2 Å². The van der Waals surface area contributed by atoms with Crippen molar-refractivity contribution in [2.45, 2.75) is 37.7 Å². The normalized spacial score (nSPS) is 19.9. The Morgan fingerprint density at radius 3 is 2.84 bits per heavy atom. The Bertz CT molecular complexity index is 1140. The fourth-order valence-corrected chi connectivity index (χ4v) is 3.56. The van der Waals surface area contributed by atoms with Gasteiger partial charge in [-0.2, -0.15) is 18.3 Å². The van der Waals surface area contributed by atoms with Crippen LogP contribution in [0, 0.1) is 5.82 Å². The van der Waals surface area contributed by atoms with Gasteiger partial charge in [0.2, 0.25) is 5.65 Å². The first-order chi connectivity index (χ1) is 15.1. The van der Waals surface area contributed by atoms with Crippen molar-refractivity contribution in [3.8, 4) is 5.75 Å². The molecule has 170 valence electrons. The van der Waals surface area contributed by atoms with E-state index >= 15 is 0 Å². The van der Waals surface area contributed by atoms with Gasteiger partial charge in [0.05, 0.1) is 18.3 Å². The third kappa shape index (κ3) is 4.44. The maximum Gasteiger partial charge on any atom is 0.413 e. The number of rotatable bonds is 4. The number of aliphatic hydroxyl groups excluding tert-OH is 1. The van der Waals surface area contributed by atoms with Crippen LogP contribution in [0.15, 0.2) is 42.7 Å². The first-order valence-corrected chi connectivity index (χ1v) is 9.71. The van der Waals surface area contributed by atoms with Gasteiger partial charge in [-0.1, -0.05) is 12.1 Å². The number of hydrogen-bond acceptors (Lipinski definition) is 6. The van der Waals surface area contributed by atoms with Crippen molar-refractivity contribution in [2.24, 2.45) is 0 Å². The van der Waals surface area contributed by atoms with Crippen molar-refractivity contribution in [3.63, 3.8) is 0 Å². The minimum absolute atomic E-state index is 0.0942. The highest BCUT2D eigenvalue weighted by Gasteiger charge is 2.38. The quantitative estimate of drug-likeness (QED) is 0.590. The molecule has 1 aliphatic heterocycles. The fourth-order valence-electron chi connectivity index (χ4n) is 3.56. The molecule has 1 aromatic carbocycles. The van der Waals surface area contributed by atoms with E-state index in [1.54, 1.807) is 28.4 Å². The Labute approximate surface area is 179 Å². The number of benzene rings is 1. The summed E-state index contributed by atoms with van der Waals surface area (Å²) in [5, 5.41) is 15.9. The van der Waals surface area contributed by atoms with Crippen molar-refractivity contribution in [3.05, 3.63) is 54.1 Å². The number of nitrogens with zero attached hydrogens (tertiary/aromatic N) is 4. The lowest BCUT2D eigenvalue weighted by molar-refractivity contribution is -0.149. The van der Waals surface area contributed by atoms with Gasteiger partial charge in [-0.3, -0.25) is 0 Å². The maximum absolute atomic E-state index is 13.7. The zero-order valence-electron chi connectivity index (χ0n) is 16.8. The van der Waals surface area contributed by atoms with E-state index in [1.807, 2.05) is 0 Å². The van der Waals surface area contributed by atoms with E-state index in [0.717, 1.165) is 13.1 Å². The molecule has 0 spiro atoms. The second-order valence-electron chi connectivity index (χ2n) is 7.47. The molecule has 1 amide bonds. The van der Waals surface area contributed by atoms with Crippen molar-refractivity contribution in [2.75, 3.05) is 11.4 Å². The number of halogens is 4. The van der Waals surface area contributed by atoms with Gasteiger partial charge in [0.25, 0.3) is 0 Å². The van der Waals surface area contributed by atoms with Gasteiger partial charge in [0.1, 0.15) is 17.7 Å². The summed E-state index contributed by atoms with van der Waals surface area (Å²) >= 11 is 0. The molecule has 32 heavy (non-hydrogen) atoms. The van der Waals surface area contributed by atoms with Crippen LogP contribution >= 0.6 is 0 Å². The molecule has 0 aliphatic carbocycles. The Balaban J connectivity index is 1.60. The largest absolute Gasteiger partial charge is 0.413 e. The molecule has 1 saturated heterocycles. The third-order valence-corrected chi connectivity index (χ3v) is 5.16. The zero-order valence-corrected chi connectivity index (χ0v) is 16.8. The van der Waals surface area contributed by atoms with Crippen LogP contribution in [0.1, 0.15) is 24.9 Å². The van der Waals surface area contributed by atoms with Gasteiger partial charge in [-0.25, -0.2) is 18.7 Å². The van der Waals surface area contributed by atoms with Gasteiger partial charge in [0, 0.05) is 12.7 Å². The number of aromatic nitrogens is 3. The number of anilines is 1. The molecule has 0 unspecified atom stereocenters. The first kappa shape index (κ1) is 21.8. The molecule has 1 fully saturated rings. The van der Waals surface area contributed by atoms with Gasteiger partial charge >= 0.3 is 12.3 Å². The average molecular weight is 453 g/mol. The minimum atomic E-state index is -4.62. The van der Waals surface area contributed by atoms with Crippen LogP contribution in [0.2, 0.25) is 0 Å². The molecule has 3 heterocycles. The molecule has 2 N–H and O–H groups in total. The minimum Gasteiger partial charge on any atom is -0.405 e. The summed E-state index contributed by atoms with van der Waals surface area (Å²) in [5.74, 6) is -0.142. The van der Waals surface area contributed by atoms with E-state index in [2.05, 4.69) is 10.1 Å². The SMILES string of the molecule is C[C@H](NC(=O)Oc1cnn2ccc(N3C[C@@H](O)C[C@@H]3c3cccc(F)c3)nc12)C(F)(F)F. The van der Waals surface area contributed by atoms with E-state index in [9.17, 15) is 27.5 Å². The molecule has 2 aromatic heterocycles. The third-order valence-electron chi connectivity index (χ3n) is 5.16. The highest BCUT2D eigenvalue weighted by atomic mass is 19.4. The first-order valence-electron chi connectivity index (χ1n) is 9.71. The number of aliphatic hydroxyl groups is 1. The van der Waals surface area contributed by atoms with Crippen LogP contribution in [0.3, 0.4) is 0 Å². The highest BCUT2D eigenvalue weighted by molar-refractivity contribution is 5.73. The van der Waals surface area contributed by atoms with Gasteiger partial charge < -0.3 is 20.1 Å². The average Bonchev–Trinajstić information content (AvgIpc) is 3.30. The van der Waals surface area contributed by atoms with Gasteiger partial charge in [-0.15, -0.1) is 0 Å². The smallest absolute Gasteiger partial charge is 0.405 e. The van der Waals surface area contributed by atoms with Crippen LogP contribution in [-0.2, 0) is 0 Å². The summed E-state index contributed by atoms with van der Waals surface area (Å²) in [6.45, 7) is 1.03.